The van der Waals surface area contributed by atoms with E-state index in [2.05, 4.69) is 42.0 Å². The summed E-state index contributed by atoms with van der Waals surface area (Å²) in [6.45, 7) is 10.1. The third-order valence-electron chi connectivity index (χ3n) is 4.36. The van der Waals surface area contributed by atoms with Crippen molar-refractivity contribution in [3.63, 3.8) is 0 Å². The highest BCUT2D eigenvalue weighted by Gasteiger charge is 2.09. The number of benzene rings is 1. The summed E-state index contributed by atoms with van der Waals surface area (Å²) in [6.07, 6.45) is 4.21. The molecule has 1 aromatic carbocycles. The monoisotopic (exact) mass is 315 g/mol. The molecule has 0 aliphatic rings. The highest BCUT2D eigenvalue weighted by Crippen LogP contribution is 2.29. The van der Waals surface area contributed by atoms with E-state index < -0.39 is 0 Å². The van der Waals surface area contributed by atoms with Gasteiger partial charge in [0.2, 0.25) is 0 Å². The van der Waals surface area contributed by atoms with Gasteiger partial charge < -0.3 is 15.0 Å². The van der Waals surface area contributed by atoms with Gasteiger partial charge >= 0.3 is 0 Å². The summed E-state index contributed by atoms with van der Waals surface area (Å²) in [5, 5.41) is 4.75. The van der Waals surface area contributed by atoms with Crippen molar-refractivity contribution in [2.45, 2.75) is 39.7 Å². The number of nitrogens with one attached hydrogen (secondary N) is 1. The van der Waals surface area contributed by atoms with Gasteiger partial charge in [-0.05, 0) is 51.5 Å². The van der Waals surface area contributed by atoms with Gasteiger partial charge in [-0.1, -0.05) is 26.0 Å². The van der Waals surface area contributed by atoms with Crippen LogP contribution in [-0.2, 0) is 0 Å². The van der Waals surface area contributed by atoms with Gasteiger partial charge in [-0.3, -0.25) is 4.98 Å². The predicted octanol–water partition coefficient (Wildman–Crippen LogP) is 4.17. The van der Waals surface area contributed by atoms with Crippen molar-refractivity contribution >= 4 is 16.6 Å². The Morgan fingerprint density at radius 1 is 1.22 bits per heavy atom. The molecule has 0 bridgehead atoms. The SMILES string of the molecule is CCN(CC)CCC[C@@H](C)Nc1ccnc2c(OC)cccc12. The van der Waals surface area contributed by atoms with Crippen molar-refractivity contribution in [2.24, 2.45) is 0 Å². The van der Waals surface area contributed by atoms with E-state index in [4.69, 9.17) is 4.74 Å². The quantitative estimate of drug-likeness (QED) is 0.754. The second-order valence-electron chi connectivity index (χ2n) is 5.93. The number of pyridine rings is 1. The molecule has 0 aliphatic carbocycles. The Morgan fingerprint density at radius 2 is 2.00 bits per heavy atom. The molecule has 0 aliphatic heterocycles. The lowest BCUT2D eigenvalue weighted by Crippen LogP contribution is -2.25. The maximum Gasteiger partial charge on any atom is 0.145 e. The van der Waals surface area contributed by atoms with E-state index in [0.29, 0.717) is 6.04 Å². The standard InChI is InChI=1S/C19H29N3O/c1-5-22(6-2)14-8-9-15(3)21-17-12-13-20-19-16(17)10-7-11-18(19)23-4/h7,10-13,15H,5-6,8-9,14H2,1-4H3,(H,20,21)/t15-/m1/s1. The van der Waals surface area contributed by atoms with E-state index in [1.807, 2.05) is 24.4 Å². The molecule has 126 valence electrons. The van der Waals surface area contributed by atoms with Gasteiger partial charge in [0.05, 0.1) is 7.11 Å². The molecule has 0 fully saturated rings. The van der Waals surface area contributed by atoms with E-state index in [9.17, 15) is 0 Å². The van der Waals surface area contributed by atoms with Crippen LogP contribution in [-0.4, -0.2) is 42.7 Å². The minimum atomic E-state index is 0.433. The van der Waals surface area contributed by atoms with Crippen LogP contribution in [0.5, 0.6) is 5.75 Å². The van der Waals surface area contributed by atoms with Gasteiger partial charge in [0.15, 0.2) is 0 Å². The lowest BCUT2D eigenvalue weighted by molar-refractivity contribution is 0.295. The van der Waals surface area contributed by atoms with Crippen LogP contribution in [0.3, 0.4) is 0 Å². The van der Waals surface area contributed by atoms with Gasteiger partial charge in [-0.25, -0.2) is 0 Å². The molecule has 0 radical (unpaired) electrons. The highest BCUT2D eigenvalue weighted by atomic mass is 16.5. The zero-order valence-electron chi connectivity index (χ0n) is 14.8. The maximum absolute atomic E-state index is 5.41. The molecule has 0 spiro atoms. The molecule has 1 N–H and O–H groups in total. The number of fused-ring (bicyclic) bond motifs is 1. The van der Waals surface area contributed by atoms with E-state index in [1.54, 1.807) is 7.11 Å². The fraction of sp³-hybridized carbons (Fsp3) is 0.526. The topological polar surface area (TPSA) is 37.4 Å². The summed E-state index contributed by atoms with van der Waals surface area (Å²) in [4.78, 5) is 6.93. The Kier molecular flexibility index (Phi) is 6.66. The fourth-order valence-corrected chi connectivity index (χ4v) is 2.94. The zero-order valence-corrected chi connectivity index (χ0v) is 14.8. The molecule has 2 rings (SSSR count). The Morgan fingerprint density at radius 3 is 2.70 bits per heavy atom. The Labute approximate surface area is 139 Å². The number of nitrogens with zero attached hydrogens (tertiary/aromatic N) is 2. The van der Waals surface area contributed by atoms with Crippen LogP contribution in [0.15, 0.2) is 30.5 Å². The lowest BCUT2D eigenvalue weighted by Gasteiger charge is -2.21. The molecule has 1 heterocycles. The van der Waals surface area contributed by atoms with Crippen LogP contribution in [0.2, 0.25) is 0 Å². The van der Waals surface area contributed by atoms with Crippen LogP contribution < -0.4 is 10.1 Å². The van der Waals surface area contributed by atoms with E-state index in [-0.39, 0.29) is 0 Å². The highest BCUT2D eigenvalue weighted by molar-refractivity contribution is 5.94. The largest absolute Gasteiger partial charge is 0.494 e. The first-order chi connectivity index (χ1) is 11.2. The Bertz CT molecular complexity index is 611. The minimum absolute atomic E-state index is 0.433. The second kappa shape index (κ2) is 8.73. The van der Waals surface area contributed by atoms with Crippen LogP contribution in [0.25, 0.3) is 10.9 Å². The van der Waals surface area contributed by atoms with Crippen LogP contribution in [0.4, 0.5) is 5.69 Å². The van der Waals surface area contributed by atoms with Crippen molar-refractivity contribution in [3.05, 3.63) is 30.5 Å². The molecule has 23 heavy (non-hydrogen) atoms. The number of para-hydroxylation sites is 1. The molecule has 2 aromatic rings. The number of ether oxygens (including phenoxy) is 1. The number of methoxy groups -OCH3 is 1. The van der Waals surface area contributed by atoms with Gasteiger partial charge in [0, 0.05) is 23.3 Å². The molecular weight excluding hydrogens is 286 g/mol. The van der Waals surface area contributed by atoms with Crippen molar-refractivity contribution in [2.75, 3.05) is 32.1 Å². The molecule has 4 heteroatoms. The van der Waals surface area contributed by atoms with Crippen molar-refractivity contribution < 1.29 is 4.74 Å². The second-order valence-corrected chi connectivity index (χ2v) is 5.93. The van der Waals surface area contributed by atoms with Crippen molar-refractivity contribution in [1.29, 1.82) is 0 Å². The number of aromatic nitrogens is 1. The molecular formula is C19H29N3O. The summed E-state index contributed by atoms with van der Waals surface area (Å²) in [5.41, 5.74) is 2.04. The summed E-state index contributed by atoms with van der Waals surface area (Å²) in [7, 11) is 1.69. The third kappa shape index (κ3) is 4.58. The van der Waals surface area contributed by atoms with E-state index >= 15 is 0 Å². The average molecular weight is 315 g/mol. The van der Waals surface area contributed by atoms with Crippen molar-refractivity contribution in [3.8, 4) is 5.75 Å². The first-order valence-corrected chi connectivity index (χ1v) is 8.60. The number of hydrogen-bond acceptors (Lipinski definition) is 4. The molecule has 0 amide bonds. The van der Waals surface area contributed by atoms with E-state index in [1.165, 1.54) is 13.0 Å². The Hall–Kier alpha value is -1.81. The molecule has 1 atom stereocenters. The summed E-state index contributed by atoms with van der Waals surface area (Å²) in [5.74, 6) is 0.820. The summed E-state index contributed by atoms with van der Waals surface area (Å²) < 4.78 is 5.41. The van der Waals surface area contributed by atoms with Gasteiger partial charge in [-0.2, -0.15) is 0 Å². The van der Waals surface area contributed by atoms with E-state index in [0.717, 1.165) is 41.9 Å². The normalized spacial score (nSPS) is 12.6. The third-order valence-corrected chi connectivity index (χ3v) is 4.36. The van der Waals surface area contributed by atoms with Gasteiger partial charge in [0.25, 0.3) is 0 Å². The number of anilines is 1. The number of hydrogen-bond donors (Lipinski definition) is 1. The average Bonchev–Trinajstić information content (AvgIpc) is 2.58. The predicted molar refractivity (Wildman–Crippen MR) is 98.4 cm³/mol. The fourth-order valence-electron chi connectivity index (χ4n) is 2.94. The summed E-state index contributed by atoms with van der Waals surface area (Å²) >= 11 is 0. The molecule has 0 saturated heterocycles. The molecule has 1 aromatic heterocycles. The van der Waals surface area contributed by atoms with Crippen LogP contribution in [0.1, 0.15) is 33.6 Å². The lowest BCUT2D eigenvalue weighted by atomic mass is 10.1. The van der Waals surface area contributed by atoms with Gasteiger partial charge in [0.1, 0.15) is 11.3 Å². The molecule has 0 unspecified atom stereocenters. The van der Waals surface area contributed by atoms with Crippen molar-refractivity contribution in [1.82, 2.24) is 9.88 Å². The number of rotatable bonds is 9. The summed E-state index contributed by atoms with van der Waals surface area (Å²) in [6, 6.07) is 8.53. The van der Waals surface area contributed by atoms with Crippen LogP contribution in [0, 0.1) is 0 Å². The smallest absolute Gasteiger partial charge is 0.145 e. The molecule has 4 nitrogen and oxygen atoms in total. The van der Waals surface area contributed by atoms with Gasteiger partial charge in [-0.15, -0.1) is 0 Å². The maximum atomic E-state index is 5.41. The van der Waals surface area contributed by atoms with Crippen LogP contribution >= 0.6 is 0 Å². The zero-order chi connectivity index (χ0) is 16.7. The minimum Gasteiger partial charge on any atom is -0.494 e. The molecule has 0 saturated carbocycles. The first kappa shape index (κ1) is 17.5. The Balaban J connectivity index is 2.01. The first-order valence-electron chi connectivity index (χ1n) is 8.60.